The maximum absolute atomic E-state index is 13.8. The zero-order valence-electron chi connectivity index (χ0n) is 10.0. The number of hydrazine groups is 1. The Morgan fingerprint density at radius 2 is 1.84 bits per heavy atom. The van der Waals surface area contributed by atoms with Gasteiger partial charge in [0.05, 0.1) is 6.04 Å². The quantitative estimate of drug-likeness (QED) is 0.667. The van der Waals surface area contributed by atoms with Crippen molar-refractivity contribution in [1.29, 1.82) is 0 Å². The molecule has 0 saturated carbocycles. The average Bonchev–Trinajstić information content (AvgIpc) is 2.39. The number of nitrogens with two attached hydrogens (primary N) is 1. The highest BCUT2D eigenvalue weighted by atomic mass is 79.9. The summed E-state index contributed by atoms with van der Waals surface area (Å²) < 4.78 is 28.1. The van der Waals surface area contributed by atoms with Crippen molar-refractivity contribution < 1.29 is 8.78 Å². The molecule has 2 aromatic rings. The van der Waals surface area contributed by atoms with Gasteiger partial charge in [0.15, 0.2) is 0 Å². The summed E-state index contributed by atoms with van der Waals surface area (Å²) in [6.45, 7) is 0. The van der Waals surface area contributed by atoms with Crippen LogP contribution in [0.5, 0.6) is 0 Å². The van der Waals surface area contributed by atoms with Crippen LogP contribution in [0.4, 0.5) is 8.78 Å². The van der Waals surface area contributed by atoms with Gasteiger partial charge < -0.3 is 0 Å². The van der Waals surface area contributed by atoms with Gasteiger partial charge in [-0.2, -0.15) is 0 Å². The number of nitrogens with one attached hydrogen (secondary N) is 1. The molecule has 2 rings (SSSR count). The van der Waals surface area contributed by atoms with Crippen LogP contribution in [-0.2, 0) is 6.42 Å². The van der Waals surface area contributed by atoms with E-state index in [9.17, 15) is 8.78 Å². The second-order valence-corrected chi connectivity index (χ2v) is 5.10. The van der Waals surface area contributed by atoms with Gasteiger partial charge in [0.25, 0.3) is 0 Å². The normalized spacial score (nSPS) is 12.4. The molecule has 100 valence electrons. The van der Waals surface area contributed by atoms with Crippen molar-refractivity contribution in [2.75, 3.05) is 0 Å². The van der Waals surface area contributed by atoms with E-state index in [1.165, 1.54) is 12.1 Å². The van der Waals surface area contributed by atoms with Gasteiger partial charge in [-0.25, -0.2) is 8.78 Å². The molecule has 2 nitrogen and oxygen atoms in total. The molecule has 0 saturated heterocycles. The Kier molecular flexibility index (Phi) is 4.63. The predicted octanol–water partition coefficient (Wildman–Crippen LogP) is 3.47. The molecule has 1 unspecified atom stereocenters. The summed E-state index contributed by atoms with van der Waals surface area (Å²) in [7, 11) is 0. The summed E-state index contributed by atoms with van der Waals surface area (Å²) >= 11 is 3.20. The Morgan fingerprint density at radius 3 is 2.47 bits per heavy atom. The topological polar surface area (TPSA) is 38.0 Å². The lowest BCUT2D eigenvalue weighted by atomic mass is 9.98. The molecular weight excluding hydrogens is 314 g/mol. The smallest absolute Gasteiger partial charge is 0.128 e. The lowest BCUT2D eigenvalue weighted by Crippen LogP contribution is -2.30. The standard InChI is InChI=1S/C14H13BrF2N2/c15-10-6-5-9(13(17)8-10)7-14(19-18)11-3-1-2-4-12(11)16/h1-6,8,14,19H,7,18H2. The fourth-order valence-corrected chi connectivity index (χ4v) is 2.26. The first-order chi connectivity index (χ1) is 9.11. The van der Waals surface area contributed by atoms with E-state index in [0.29, 0.717) is 15.6 Å². The second-order valence-electron chi connectivity index (χ2n) is 4.18. The SMILES string of the molecule is NNC(Cc1ccc(Br)cc1F)c1ccccc1F. The molecular formula is C14H13BrF2N2. The third-order valence-corrected chi connectivity index (χ3v) is 3.41. The Bertz CT molecular complexity index is 575. The van der Waals surface area contributed by atoms with Crippen LogP contribution in [0.1, 0.15) is 17.2 Å². The number of rotatable bonds is 4. The highest BCUT2D eigenvalue weighted by Gasteiger charge is 2.16. The minimum atomic E-state index is -0.475. The van der Waals surface area contributed by atoms with Crippen LogP contribution in [0.2, 0.25) is 0 Å². The van der Waals surface area contributed by atoms with Crippen LogP contribution in [0.15, 0.2) is 46.9 Å². The maximum atomic E-state index is 13.8. The molecule has 0 bridgehead atoms. The number of benzene rings is 2. The van der Waals surface area contributed by atoms with Crippen molar-refractivity contribution in [3.63, 3.8) is 0 Å². The molecule has 0 aliphatic rings. The van der Waals surface area contributed by atoms with Crippen LogP contribution < -0.4 is 11.3 Å². The third kappa shape index (κ3) is 3.37. The van der Waals surface area contributed by atoms with E-state index in [2.05, 4.69) is 21.4 Å². The van der Waals surface area contributed by atoms with Gasteiger partial charge in [0, 0.05) is 10.0 Å². The molecule has 0 spiro atoms. The molecule has 0 amide bonds. The first-order valence-electron chi connectivity index (χ1n) is 5.76. The van der Waals surface area contributed by atoms with Gasteiger partial charge in [-0.3, -0.25) is 11.3 Å². The Balaban J connectivity index is 2.27. The molecule has 0 aromatic heterocycles. The van der Waals surface area contributed by atoms with E-state index in [1.54, 1.807) is 30.3 Å². The minimum absolute atomic E-state index is 0.274. The van der Waals surface area contributed by atoms with E-state index >= 15 is 0 Å². The van der Waals surface area contributed by atoms with Gasteiger partial charge in [-0.15, -0.1) is 0 Å². The summed E-state index contributed by atoms with van der Waals surface area (Å²) in [5.74, 6) is 4.75. The fourth-order valence-electron chi connectivity index (χ4n) is 1.92. The number of hydrogen-bond acceptors (Lipinski definition) is 2. The Morgan fingerprint density at radius 1 is 1.11 bits per heavy atom. The van der Waals surface area contributed by atoms with Gasteiger partial charge >= 0.3 is 0 Å². The highest BCUT2D eigenvalue weighted by molar-refractivity contribution is 9.10. The van der Waals surface area contributed by atoms with E-state index in [0.717, 1.165) is 0 Å². The summed E-state index contributed by atoms with van der Waals surface area (Å²) in [5.41, 5.74) is 3.44. The van der Waals surface area contributed by atoms with Crippen LogP contribution in [-0.4, -0.2) is 0 Å². The van der Waals surface area contributed by atoms with Crippen LogP contribution >= 0.6 is 15.9 Å². The van der Waals surface area contributed by atoms with Crippen molar-refractivity contribution >= 4 is 15.9 Å². The first kappa shape index (κ1) is 14.1. The molecule has 0 radical (unpaired) electrons. The highest BCUT2D eigenvalue weighted by Crippen LogP contribution is 2.23. The number of hydrogen-bond donors (Lipinski definition) is 2. The zero-order valence-corrected chi connectivity index (χ0v) is 11.6. The molecule has 2 aromatic carbocycles. The number of halogens is 3. The van der Waals surface area contributed by atoms with Crippen LogP contribution in [0.25, 0.3) is 0 Å². The lowest BCUT2D eigenvalue weighted by molar-refractivity contribution is 0.498. The summed E-state index contributed by atoms with van der Waals surface area (Å²) in [4.78, 5) is 0. The van der Waals surface area contributed by atoms with Crippen molar-refractivity contribution in [1.82, 2.24) is 5.43 Å². The van der Waals surface area contributed by atoms with Crippen molar-refractivity contribution in [2.24, 2.45) is 5.84 Å². The zero-order chi connectivity index (χ0) is 13.8. The first-order valence-corrected chi connectivity index (χ1v) is 6.55. The van der Waals surface area contributed by atoms with Gasteiger partial charge in [0.2, 0.25) is 0 Å². The third-order valence-electron chi connectivity index (χ3n) is 2.92. The van der Waals surface area contributed by atoms with Crippen LogP contribution in [0, 0.1) is 11.6 Å². The van der Waals surface area contributed by atoms with Crippen LogP contribution in [0.3, 0.4) is 0 Å². The van der Waals surface area contributed by atoms with E-state index in [1.807, 2.05) is 0 Å². The monoisotopic (exact) mass is 326 g/mol. The van der Waals surface area contributed by atoms with Gasteiger partial charge in [-0.1, -0.05) is 40.2 Å². The predicted molar refractivity (Wildman–Crippen MR) is 74.3 cm³/mol. The average molecular weight is 327 g/mol. The fraction of sp³-hybridized carbons (Fsp3) is 0.143. The molecule has 1 atom stereocenters. The summed E-state index contributed by atoms with van der Waals surface area (Å²) in [6, 6.07) is 10.6. The molecule has 5 heteroatoms. The second kappa shape index (κ2) is 6.23. The summed E-state index contributed by atoms with van der Waals surface area (Å²) in [5, 5.41) is 0. The molecule has 0 heterocycles. The van der Waals surface area contributed by atoms with Crippen molar-refractivity contribution in [3.05, 3.63) is 69.7 Å². The molecule has 0 fully saturated rings. The van der Waals surface area contributed by atoms with E-state index in [4.69, 9.17) is 5.84 Å². The van der Waals surface area contributed by atoms with E-state index in [-0.39, 0.29) is 18.1 Å². The van der Waals surface area contributed by atoms with Gasteiger partial charge in [-0.05, 0) is 30.2 Å². The van der Waals surface area contributed by atoms with E-state index < -0.39 is 6.04 Å². The minimum Gasteiger partial charge on any atom is -0.271 e. The summed E-state index contributed by atoms with van der Waals surface area (Å²) in [6.07, 6.45) is 0.274. The molecule has 0 aliphatic carbocycles. The van der Waals surface area contributed by atoms with Crippen molar-refractivity contribution in [3.8, 4) is 0 Å². The lowest BCUT2D eigenvalue weighted by Gasteiger charge is -2.17. The van der Waals surface area contributed by atoms with Gasteiger partial charge in [0.1, 0.15) is 11.6 Å². The molecule has 0 aliphatic heterocycles. The Labute approximate surface area is 118 Å². The molecule has 3 N–H and O–H groups in total. The van der Waals surface area contributed by atoms with Crippen molar-refractivity contribution in [2.45, 2.75) is 12.5 Å². The molecule has 19 heavy (non-hydrogen) atoms. The largest absolute Gasteiger partial charge is 0.271 e. The maximum Gasteiger partial charge on any atom is 0.128 e. The Hall–Kier alpha value is -1.30.